The Hall–Kier alpha value is -3.13. The molecule has 8 heteroatoms. The van der Waals surface area contributed by atoms with Gasteiger partial charge < -0.3 is 4.74 Å². The van der Waals surface area contributed by atoms with Crippen molar-refractivity contribution in [2.75, 3.05) is 6.61 Å². The molecule has 4 rings (SSSR count). The van der Waals surface area contributed by atoms with Crippen molar-refractivity contribution in [1.82, 2.24) is 20.0 Å². The van der Waals surface area contributed by atoms with E-state index in [0.717, 1.165) is 4.70 Å². The average Bonchev–Trinajstić information content (AvgIpc) is 3.26. The van der Waals surface area contributed by atoms with Gasteiger partial charge in [0.05, 0.1) is 17.5 Å². The standard InChI is InChI=1S/C18H13FN4O2S/c1-2-25-18(24)17-16(15-14(26-17)7-4-8-20-15)23-10-13(21-22-23)11-5-3-6-12(19)9-11/h3-10H,2H2,1H3. The molecule has 0 N–H and O–H groups in total. The van der Waals surface area contributed by atoms with Crippen molar-refractivity contribution < 1.29 is 13.9 Å². The number of rotatable bonds is 4. The summed E-state index contributed by atoms with van der Waals surface area (Å²) in [5.41, 5.74) is 2.24. The Labute approximate surface area is 151 Å². The number of thiophene rings is 1. The number of carbonyl (C=O) groups is 1. The Morgan fingerprint density at radius 2 is 2.19 bits per heavy atom. The van der Waals surface area contributed by atoms with Gasteiger partial charge in [-0.3, -0.25) is 4.98 Å². The van der Waals surface area contributed by atoms with E-state index < -0.39 is 5.97 Å². The molecule has 130 valence electrons. The molecule has 0 saturated heterocycles. The predicted molar refractivity (Wildman–Crippen MR) is 95.9 cm³/mol. The van der Waals surface area contributed by atoms with E-state index in [2.05, 4.69) is 15.3 Å². The maximum Gasteiger partial charge on any atom is 0.350 e. The van der Waals surface area contributed by atoms with E-state index in [1.165, 1.54) is 28.2 Å². The van der Waals surface area contributed by atoms with Crippen LogP contribution in [0.4, 0.5) is 4.39 Å². The quantitative estimate of drug-likeness (QED) is 0.512. The first-order valence-corrected chi connectivity index (χ1v) is 8.72. The second kappa shape index (κ2) is 6.64. The summed E-state index contributed by atoms with van der Waals surface area (Å²) in [6.07, 6.45) is 3.30. The Morgan fingerprint density at radius 1 is 1.31 bits per heavy atom. The maximum absolute atomic E-state index is 13.5. The van der Waals surface area contributed by atoms with Crippen LogP contribution in [0, 0.1) is 5.82 Å². The summed E-state index contributed by atoms with van der Waals surface area (Å²) in [5.74, 6) is -0.791. The summed E-state index contributed by atoms with van der Waals surface area (Å²) in [6, 6.07) is 9.78. The van der Waals surface area contributed by atoms with Crippen molar-refractivity contribution in [3.8, 4) is 16.9 Å². The Balaban J connectivity index is 1.86. The van der Waals surface area contributed by atoms with Gasteiger partial charge in [0, 0.05) is 11.8 Å². The molecule has 0 amide bonds. The van der Waals surface area contributed by atoms with Crippen LogP contribution in [-0.2, 0) is 4.74 Å². The number of carbonyl (C=O) groups excluding carboxylic acids is 1. The maximum atomic E-state index is 13.5. The number of pyridine rings is 1. The first kappa shape index (κ1) is 16.3. The summed E-state index contributed by atoms with van der Waals surface area (Å²) in [7, 11) is 0. The van der Waals surface area contributed by atoms with E-state index in [9.17, 15) is 9.18 Å². The highest BCUT2D eigenvalue weighted by Crippen LogP contribution is 2.33. The molecule has 0 atom stereocenters. The normalized spacial score (nSPS) is 11.0. The van der Waals surface area contributed by atoms with E-state index >= 15 is 0 Å². The van der Waals surface area contributed by atoms with Crippen molar-refractivity contribution >= 4 is 27.5 Å². The van der Waals surface area contributed by atoms with Crippen LogP contribution in [0.1, 0.15) is 16.6 Å². The molecular weight excluding hydrogens is 355 g/mol. The summed E-state index contributed by atoms with van der Waals surface area (Å²) >= 11 is 1.29. The number of ether oxygens (including phenoxy) is 1. The fourth-order valence-electron chi connectivity index (χ4n) is 2.62. The van der Waals surface area contributed by atoms with E-state index in [0.29, 0.717) is 27.3 Å². The van der Waals surface area contributed by atoms with Gasteiger partial charge >= 0.3 is 5.97 Å². The summed E-state index contributed by atoms with van der Waals surface area (Å²) in [6.45, 7) is 2.02. The van der Waals surface area contributed by atoms with Crippen molar-refractivity contribution in [1.29, 1.82) is 0 Å². The summed E-state index contributed by atoms with van der Waals surface area (Å²) in [4.78, 5) is 17.1. The molecular formula is C18H13FN4O2S. The molecule has 3 heterocycles. The highest BCUT2D eigenvalue weighted by molar-refractivity contribution is 7.21. The van der Waals surface area contributed by atoms with Gasteiger partial charge in [0.25, 0.3) is 0 Å². The molecule has 3 aromatic heterocycles. The summed E-state index contributed by atoms with van der Waals surface area (Å²) < 4.78 is 21.0. The van der Waals surface area contributed by atoms with Gasteiger partial charge in [-0.15, -0.1) is 16.4 Å². The number of esters is 1. The molecule has 0 aliphatic carbocycles. The van der Waals surface area contributed by atoms with Gasteiger partial charge in [-0.1, -0.05) is 17.3 Å². The van der Waals surface area contributed by atoms with E-state index in [-0.39, 0.29) is 12.4 Å². The minimum absolute atomic E-state index is 0.270. The average molecular weight is 368 g/mol. The molecule has 4 aromatic rings. The Kier molecular flexibility index (Phi) is 4.18. The van der Waals surface area contributed by atoms with Crippen LogP contribution in [0.25, 0.3) is 27.2 Å². The van der Waals surface area contributed by atoms with Crippen LogP contribution in [0.2, 0.25) is 0 Å². The van der Waals surface area contributed by atoms with Crippen molar-refractivity contribution in [2.24, 2.45) is 0 Å². The van der Waals surface area contributed by atoms with Gasteiger partial charge in [0.1, 0.15) is 27.6 Å². The fraction of sp³-hybridized carbons (Fsp3) is 0.111. The fourth-order valence-corrected chi connectivity index (χ4v) is 3.66. The molecule has 0 bridgehead atoms. The lowest BCUT2D eigenvalue weighted by Gasteiger charge is -2.03. The Morgan fingerprint density at radius 3 is 3.00 bits per heavy atom. The number of halogens is 1. The zero-order valence-electron chi connectivity index (χ0n) is 13.7. The molecule has 0 fully saturated rings. The highest BCUT2D eigenvalue weighted by atomic mass is 32.1. The van der Waals surface area contributed by atoms with Gasteiger partial charge in [0.15, 0.2) is 0 Å². The minimum Gasteiger partial charge on any atom is -0.462 e. The number of aromatic nitrogens is 4. The summed E-state index contributed by atoms with van der Waals surface area (Å²) in [5, 5.41) is 8.23. The van der Waals surface area contributed by atoms with Gasteiger partial charge in [0.2, 0.25) is 0 Å². The lowest BCUT2D eigenvalue weighted by molar-refractivity contribution is 0.0532. The lowest BCUT2D eigenvalue weighted by Crippen LogP contribution is -2.07. The number of hydrogen-bond donors (Lipinski definition) is 0. The lowest BCUT2D eigenvalue weighted by atomic mass is 10.2. The minimum atomic E-state index is -0.437. The molecule has 1 aromatic carbocycles. The first-order chi connectivity index (χ1) is 12.7. The third kappa shape index (κ3) is 2.84. The second-order valence-corrected chi connectivity index (χ2v) is 6.46. The second-order valence-electron chi connectivity index (χ2n) is 5.41. The molecule has 0 radical (unpaired) electrons. The Bertz CT molecular complexity index is 1110. The highest BCUT2D eigenvalue weighted by Gasteiger charge is 2.23. The molecule has 0 spiro atoms. The molecule has 0 unspecified atom stereocenters. The molecule has 0 aliphatic heterocycles. The van der Waals surface area contributed by atoms with Crippen LogP contribution < -0.4 is 0 Å². The largest absolute Gasteiger partial charge is 0.462 e. The van der Waals surface area contributed by atoms with Gasteiger partial charge in [-0.25, -0.2) is 13.9 Å². The third-order valence-corrected chi connectivity index (χ3v) is 4.84. The zero-order valence-corrected chi connectivity index (χ0v) is 14.5. The molecule has 26 heavy (non-hydrogen) atoms. The SMILES string of the molecule is CCOC(=O)c1sc2cccnc2c1-n1cc(-c2cccc(F)c2)nn1. The molecule has 0 aliphatic rings. The van der Waals surface area contributed by atoms with Crippen LogP contribution in [0.5, 0.6) is 0 Å². The van der Waals surface area contributed by atoms with E-state index in [1.54, 1.807) is 37.5 Å². The number of benzene rings is 1. The smallest absolute Gasteiger partial charge is 0.350 e. The van der Waals surface area contributed by atoms with Crippen LogP contribution in [-0.4, -0.2) is 32.6 Å². The van der Waals surface area contributed by atoms with E-state index in [4.69, 9.17) is 4.74 Å². The van der Waals surface area contributed by atoms with Crippen molar-refractivity contribution in [2.45, 2.75) is 6.92 Å². The van der Waals surface area contributed by atoms with Gasteiger partial charge in [-0.05, 0) is 31.2 Å². The number of nitrogens with zero attached hydrogens (tertiary/aromatic N) is 4. The predicted octanol–water partition coefficient (Wildman–Crippen LogP) is 3.86. The third-order valence-electron chi connectivity index (χ3n) is 3.73. The topological polar surface area (TPSA) is 69.9 Å². The van der Waals surface area contributed by atoms with Crippen molar-refractivity contribution in [3.63, 3.8) is 0 Å². The van der Waals surface area contributed by atoms with Crippen molar-refractivity contribution in [3.05, 3.63) is 59.5 Å². The van der Waals surface area contributed by atoms with Crippen LogP contribution in [0.15, 0.2) is 48.8 Å². The van der Waals surface area contributed by atoms with Crippen LogP contribution >= 0.6 is 11.3 Å². The van der Waals surface area contributed by atoms with E-state index in [1.807, 2.05) is 6.07 Å². The van der Waals surface area contributed by atoms with Crippen LogP contribution in [0.3, 0.4) is 0 Å². The number of hydrogen-bond acceptors (Lipinski definition) is 6. The molecule has 6 nitrogen and oxygen atoms in total. The van der Waals surface area contributed by atoms with Gasteiger partial charge in [-0.2, -0.15) is 0 Å². The first-order valence-electron chi connectivity index (χ1n) is 7.90. The zero-order chi connectivity index (χ0) is 18.1. The number of fused-ring (bicyclic) bond motifs is 1. The molecule has 0 saturated carbocycles. The monoisotopic (exact) mass is 368 g/mol.